The van der Waals surface area contributed by atoms with Crippen molar-refractivity contribution >= 4 is 28.4 Å². The van der Waals surface area contributed by atoms with Crippen LogP contribution in [0.2, 0.25) is 0 Å². The van der Waals surface area contributed by atoms with Crippen LogP contribution in [0.5, 0.6) is 0 Å². The van der Waals surface area contributed by atoms with Crippen LogP contribution in [0.15, 0.2) is 29.3 Å². The normalized spacial score (nSPS) is 18.1. The second-order valence-electron chi connectivity index (χ2n) is 8.50. The lowest BCUT2D eigenvalue weighted by atomic mass is 9.99. The first-order chi connectivity index (χ1) is 16.3. The quantitative estimate of drug-likeness (QED) is 0.539. The minimum Gasteiger partial charge on any atom is -0.364 e. The first-order valence-corrected chi connectivity index (χ1v) is 10.5. The van der Waals surface area contributed by atoms with E-state index in [0.29, 0.717) is 33.6 Å². The third-order valence-electron chi connectivity index (χ3n) is 6.05. The molecule has 35 heavy (non-hydrogen) atoms. The number of aromatic amines is 1. The summed E-state index contributed by atoms with van der Waals surface area (Å²) >= 11 is 0. The van der Waals surface area contributed by atoms with Gasteiger partial charge in [-0.2, -0.15) is 18.3 Å². The number of aryl methyl sites for hydroxylation is 2. The van der Waals surface area contributed by atoms with Gasteiger partial charge in [0, 0.05) is 37.9 Å². The molecule has 9 nitrogen and oxygen atoms in total. The molecule has 0 saturated carbocycles. The van der Waals surface area contributed by atoms with Gasteiger partial charge in [0.05, 0.1) is 24.0 Å². The maximum Gasteiger partial charge on any atom is 0.417 e. The van der Waals surface area contributed by atoms with Crippen LogP contribution in [0.25, 0.3) is 11.0 Å². The number of fused-ring (bicyclic) bond motifs is 1. The Morgan fingerprint density at radius 2 is 2.03 bits per heavy atom. The number of rotatable bonds is 3. The fourth-order valence-corrected chi connectivity index (χ4v) is 4.11. The summed E-state index contributed by atoms with van der Waals surface area (Å²) in [6, 6.07) is -0.467. The molecular weight excluding hydrogens is 477 g/mol. The number of nitrogens with zero attached hydrogens (tertiary/aromatic N) is 5. The Morgan fingerprint density at radius 1 is 1.31 bits per heavy atom. The van der Waals surface area contributed by atoms with Crippen molar-refractivity contribution in [2.45, 2.75) is 31.5 Å². The van der Waals surface area contributed by atoms with E-state index in [1.807, 2.05) is 0 Å². The number of pyridine rings is 2. The van der Waals surface area contributed by atoms with Gasteiger partial charge < -0.3 is 19.7 Å². The van der Waals surface area contributed by atoms with Crippen LogP contribution in [0.1, 0.15) is 17.7 Å². The minimum absolute atomic E-state index is 0.125. The molecule has 4 heterocycles. The predicted octanol–water partition coefficient (Wildman–Crippen LogP) is 3.36. The summed E-state index contributed by atoms with van der Waals surface area (Å²) < 4.78 is 70.2. The number of piperidine rings is 1. The molecule has 188 valence electrons. The highest BCUT2D eigenvalue weighted by molar-refractivity contribution is 5.89. The zero-order chi connectivity index (χ0) is 25.7. The number of anilines is 2. The number of hydrogen-bond acceptors (Lipinski definition) is 5. The largest absolute Gasteiger partial charge is 0.417 e. The Kier molecular flexibility index (Phi) is 5.93. The van der Waals surface area contributed by atoms with Gasteiger partial charge in [-0.1, -0.05) is 0 Å². The van der Waals surface area contributed by atoms with Crippen molar-refractivity contribution in [1.82, 2.24) is 24.6 Å². The van der Waals surface area contributed by atoms with Crippen molar-refractivity contribution in [3.8, 4) is 0 Å². The summed E-state index contributed by atoms with van der Waals surface area (Å²) in [7, 11) is 2.21. The third kappa shape index (κ3) is 4.64. The van der Waals surface area contributed by atoms with Crippen molar-refractivity contribution in [2.75, 3.05) is 30.4 Å². The van der Waals surface area contributed by atoms with E-state index in [0.717, 1.165) is 24.7 Å². The molecule has 3 aromatic heterocycles. The highest BCUT2D eigenvalue weighted by Crippen LogP contribution is 2.34. The van der Waals surface area contributed by atoms with E-state index in [4.69, 9.17) is 0 Å². The Labute approximate surface area is 195 Å². The average Bonchev–Trinajstić information content (AvgIpc) is 3.15. The number of hydrogen-bond donors (Lipinski definition) is 2. The van der Waals surface area contributed by atoms with Gasteiger partial charge in [-0.25, -0.2) is 18.6 Å². The summed E-state index contributed by atoms with van der Waals surface area (Å²) in [5.74, 6) is -3.36. The zero-order valence-electron chi connectivity index (χ0n) is 19.0. The SMILES string of the molecule is Cc1[nH]nc2ncc(N3CCC(N(C)C(=O)Nc4cc(C(F)(F)F)cn(C)c4=O)C(F)(F)C3)cc12. The van der Waals surface area contributed by atoms with Crippen LogP contribution in [-0.2, 0) is 13.2 Å². The first-order valence-electron chi connectivity index (χ1n) is 10.5. The van der Waals surface area contributed by atoms with E-state index in [9.17, 15) is 22.8 Å². The summed E-state index contributed by atoms with van der Waals surface area (Å²) in [6.45, 7) is 1.25. The maximum absolute atomic E-state index is 15.1. The topological polar surface area (TPSA) is 99.2 Å². The van der Waals surface area contributed by atoms with E-state index < -0.39 is 47.5 Å². The molecule has 0 bridgehead atoms. The summed E-state index contributed by atoms with van der Waals surface area (Å²) in [6.07, 6.45) is -2.86. The van der Waals surface area contributed by atoms with Crippen LogP contribution >= 0.6 is 0 Å². The molecule has 0 radical (unpaired) electrons. The van der Waals surface area contributed by atoms with Gasteiger partial charge in [-0.15, -0.1) is 0 Å². The number of carbonyl (C=O) groups is 1. The monoisotopic (exact) mass is 499 g/mol. The first kappa shape index (κ1) is 24.4. The molecule has 2 N–H and O–H groups in total. The average molecular weight is 499 g/mol. The number of halogens is 5. The molecule has 1 aliphatic rings. The van der Waals surface area contributed by atoms with Gasteiger partial charge in [0.15, 0.2) is 5.65 Å². The number of nitrogens with one attached hydrogen (secondary N) is 2. The second-order valence-corrected chi connectivity index (χ2v) is 8.50. The lowest BCUT2D eigenvalue weighted by molar-refractivity contribution is -0.138. The molecule has 2 amide bonds. The molecule has 0 aliphatic carbocycles. The van der Waals surface area contributed by atoms with Crippen molar-refractivity contribution in [1.29, 1.82) is 0 Å². The Morgan fingerprint density at radius 3 is 2.69 bits per heavy atom. The number of alkyl halides is 5. The molecule has 1 unspecified atom stereocenters. The summed E-state index contributed by atoms with van der Waals surface area (Å²) in [5, 5.41) is 9.54. The molecular formula is C21H22F5N7O2. The molecule has 3 aromatic rings. The van der Waals surface area contributed by atoms with Crippen LogP contribution < -0.4 is 15.8 Å². The molecule has 1 aliphatic heterocycles. The highest BCUT2D eigenvalue weighted by atomic mass is 19.4. The lowest BCUT2D eigenvalue weighted by Gasteiger charge is -2.42. The van der Waals surface area contributed by atoms with Crippen LogP contribution in [-0.4, -0.2) is 62.8 Å². The standard InChI is InChI=1S/C21H22F5N7O2/c1-11-14-7-13(8-27-17(14)30-29-11)33-5-4-16(20(22,23)10-33)32(3)19(35)28-15-6-12(21(24,25)26)9-31(2)18(15)34/h6-9,16H,4-5,10H2,1-3H3,(H,28,35)(H,27,29,30). The molecule has 1 atom stereocenters. The lowest BCUT2D eigenvalue weighted by Crippen LogP contribution is -2.59. The van der Waals surface area contributed by atoms with Gasteiger partial charge in [0.2, 0.25) is 0 Å². The number of urea groups is 1. The van der Waals surface area contributed by atoms with Crippen molar-refractivity contribution in [2.24, 2.45) is 7.05 Å². The van der Waals surface area contributed by atoms with E-state index >= 15 is 8.78 Å². The number of carbonyl (C=O) groups excluding carboxylic acids is 1. The van der Waals surface area contributed by atoms with E-state index in [-0.39, 0.29) is 13.0 Å². The Bertz CT molecular complexity index is 1330. The maximum atomic E-state index is 15.1. The fourth-order valence-electron chi connectivity index (χ4n) is 4.11. The molecule has 14 heteroatoms. The highest BCUT2D eigenvalue weighted by Gasteiger charge is 2.48. The van der Waals surface area contributed by atoms with Gasteiger partial charge in [0.25, 0.3) is 11.5 Å². The molecule has 4 rings (SSSR count). The molecule has 0 aromatic carbocycles. The van der Waals surface area contributed by atoms with E-state index in [1.165, 1.54) is 11.1 Å². The fraction of sp³-hybridized carbons (Fsp3) is 0.429. The predicted molar refractivity (Wildman–Crippen MR) is 118 cm³/mol. The van der Waals surface area contributed by atoms with Crippen LogP contribution in [0, 0.1) is 6.92 Å². The van der Waals surface area contributed by atoms with Gasteiger partial charge in [-0.05, 0) is 25.5 Å². The number of amides is 2. The van der Waals surface area contributed by atoms with E-state index in [1.54, 1.807) is 13.0 Å². The van der Waals surface area contributed by atoms with Gasteiger partial charge in [0.1, 0.15) is 11.7 Å². The number of aromatic nitrogens is 4. The molecule has 0 spiro atoms. The molecule has 1 saturated heterocycles. The zero-order valence-corrected chi connectivity index (χ0v) is 19.0. The van der Waals surface area contributed by atoms with E-state index in [2.05, 4.69) is 20.5 Å². The van der Waals surface area contributed by atoms with Gasteiger partial charge >= 0.3 is 12.2 Å². The summed E-state index contributed by atoms with van der Waals surface area (Å²) in [4.78, 5) is 31.2. The smallest absolute Gasteiger partial charge is 0.364 e. The van der Waals surface area contributed by atoms with Crippen molar-refractivity contribution in [3.63, 3.8) is 0 Å². The number of H-pyrrole nitrogens is 1. The van der Waals surface area contributed by atoms with Crippen molar-refractivity contribution < 1.29 is 26.7 Å². The van der Waals surface area contributed by atoms with Crippen LogP contribution in [0.4, 0.5) is 38.1 Å². The van der Waals surface area contributed by atoms with Crippen molar-refractivity contribution in [3.05, 3.63) is 46.1 Å². The third-order valence-corrected chi connectivity index (χ3v) is 6.05. The summed E-state index contributed by atoms with van der Waals surface area (Å²) in [5.41, 5.74) is -1.04. The minimum atomic E-state index is -4.76. The Hall–Kier alpha value is -3.71. The second kappa shape index (κ2) is 8.50. The van der Waals surface area contributed by atoms with Gasteiger partial charge in [-0.3, -0.25) is 9.89 Å². The molecule has 1 fully saturated rings. The Balaban J connectivity index is 1.51. The van der Waals surface area contributed by atoms with Crippen LogP contribution in [0.3, 0.4) is 0 Å².